The summed E-state index contributed by atoms with van der Waals surface area (Å²) in [7, 11) is 3.15. The average molecular weight is 316 g/mol. The fraction of sp³-hybridized carbons (Fsp3) is 0.278. The zero-order valence-corrected chi connectivity index (χ0v) is 13.9. The topological polar surface area (TPSA) is 35.5 Å². The van der Waals surface area contributed by atoms with Gasteiger partial charge in [0.1, 0.15) is 11.5 Å². The number of aryl methyl sites for hydroxylation is 1. The van der Waals surface area contributed by atoms with Crippen LogP contribution >= 0.6 is 11.8 Å². The SMILES string of the molecule is COc1ccc(C(=O)CSCc2ccc(C)cc2)c(OC)c1. The Balaban J connectivity index is 1.96. The maximum absolute atomic E-state index is 12.3. The van der Waals surface area contributed by atoms with Crippen LogP contribution in [0.15, 0.2) is 42.5 Å². The maximum Gasteiger partial charge on any atom is 0.176 e. The number of carbonyl (C=O) groups excluding carboxylic acids is 1. The Morgan fingerprint density at radius 1 is 1.05 bits per heavy atom. The standard InChI is InChI=1S/C18H20O3S/c1-13-4-6-14(7-5-13)11-22-12-17(19)16-9-8-15(20-2)10-18(16)21-3/h4-10H,11-12H2,1-3H3. The Morgan fingerprint density at radius 2 is 1.77 bits per heavy atom. The fourth-order valence-electron chi connectivity index (χ4n) is 2.05. The summed E-state index contributed by atoms with van der Waals surface area (Å²) < 4.78 is 10.4. The van der Waals surface area contributed by atoms with Gasteiger partial charge in [0.15, 0.2) is 5.78 Å². The quantitative estimate of drug-likeness (QED) is 0.720. The van der Waals surface area contributed by atoms with Crippen LogP contribution in [0.4, 0.5) is 0 Å². The Labute approximate surface area is 135 Å². The van der Waals surface area contributed by atoms with Gasteiger partial charge in [0.05, 0.1) is 25.5 Å². The van der Waals surface area contributed by atoms with Gasteiger partial charge in [0.25, 0.3) is 0 Å². The molecule has 2 aromatic carbocycles. The van der Waals surface area contributed by atoms with Gasteiger partial charge >= 0.3 is 0 Å². The van der Waals surface area contributed by atoms with Crippen LogP contribution in [0.1, 0.15) is 21.5 Å². The van der Waals surface area contributed by atoms with E-state index >= 15 is 0 Å². The van der Waals surface area contributed by atoms with E-state index in [2.05, 4.69) is 31.2 Å². The average Bonchev–Trinajstić information content (AvgIpc) is 2.55. The Morgan fingerprint density at radius 3 is 2.41 bits per heavy atom. The molecule has 2 aromatic rings. The molecule has 0 amide bonds. The molecule has 0 saturated carbocycles. The Kier molecular flexibility index (Phi) is 5.90. The molecule has 0 spiro atoms. The Bertz CT molecular complexity index is 635. The highest BCUT2D eigenvalue weighted by Gasteiger charge is 2.13. The minimum atomic E-state index is 0.0663. The first-order valence-electron chi connectivity index (χ1n) is 7.02. The van der Waals surface area contributed by atoms with E-state index in [-0.39, 0.29) is 5.78 Å². The van der Waals surface area contributed by atoms with Gasteiger partial charge in [0.2, 0.25) is 0 Å². The van der Waals surface area contributed by atoms with Gasteiger partial charge in [0, 0.05) is 11.8 Å². The van der Waals surface area contributed by atoms with Crippen molar-refractivity contribution in [1.82, 2.24) is 0 Å². The smallest absolute Gasteiger partial charge is 0.176 e. The zero-order chi connectivity index (χ0) is 15.9. The van der Waals surface area contributed by atoms with Crippen molar-refractivity contribution in [1.29, 1.82) is 0 Å². The van der Waals surface area contributed by atoms with Crippen LogP contribution in [0.25, 0.3) is 0 Å². The predicted molar refractivity (Wildman–Crippen MR) is 91.2 cm³/mol. The molecule has 0 aromatic heterocycles. The minimum Gasteiger partial charge on any atom is -0.497 e. The summed E-state index contributed by atoms with van der Waals surface area (Å²) in [6.45, 7) is 2.07. The highest BCUT2D eigenvalue weighted by molar-refractivity contribution is 7.99. The third-order valence-electron chi connectivity index (χ3n) is 3.33. The minimum absolute atomic E-state index is 0.0663. The van der Waals surface area contributed by atoms with Crippen LogP contribution in [-0.4, -0.2) is 25.8 Å². The van der Waals surface area contributed by atoms with E-state index < -0.39 is 0 Å². The molecule has 22 heavy (non-hydrogen) atoms. The lowest BCUT2D eigenvalue weighted by Crippen LogP contribution is -2.05. The molecule has 0 bridgehead atoms. The second-order valence-corrected chi connectivity index (χ2v) is 5.95. The lowest BCUT2D eigenvalue weighted by atomic mass is 10.1. The van der Waals surface area contributed by atoms with Gasteiger partial charge in [-0.15, -0.1) is 11.8 Å². The molecule has 0 saturated heterocycles. The molecule has 0 N–H and O–H groups in total. The van der Waals surface area contributed by atoms with Crippen molar-refractivity contribution in [3.63, 3.8) is 0 Å². The van der Waals surface area contributed by atoms with Crippen molar-refractivity contribution in [3.05, 3.63) is 59.2 Å². The first-order chi connectivity index (χ1) is 10.6. The van der Waals surface area contributed by atoms with Crippen LogP contribution in [0.5, 0.6) is 11.5 Å². The van der Waals surface area contributed by atoms with Gasteiger partial charge in [-0.25, -0.2) is 0 Å². The molecule has 0 fully saturated rings. The summed E-state index contributed by atoms with van der Waals surface area (Å²) in [4.78, 5) is 12.3. The maximum atomic E-state index is 12.3. The molecule has 0 unspecified atom stereocenters. The van der Waals surface area contributed by atoms with Crippen molar-refractivity contribution in [2.45, 2.75) is 12.7 Å². The molecule has 0 atom stereocenters. The molecule has 116 valence electrons. The van der Waals surface area contributed by atoms with Crippen LogP contribution in [-0.2, 0) is 5.75 Å². The van der Waals surface area contributed by atoms with E-state index in [0.717, 1.165) is 5.75 Å². The van der Waals surface area contributed by atoms with Crippen molar-refractivity contribution >= 4 is 17.5 Å². The number of ketones is 1. The number of hydrogen-bond acceptors (Lipinski definition) is 4. The van der Waals surface area contributed by atoms with E-state index in [1.807, 2.05) is 0 Å². The molecule has 2 rings (SSSR count). The number of benzene rings is 2. The first-order valence-corrected chi connectivity index (χ1v) is 8.18. The third-order valence-corrected chi connectivity index (χ3v) is 4.34. The lowest BCUT2D eigenvalue weighted by molar-refractivity contribution is 0.101. The third kappa shape index (κ3) is 4.28. The van der Waals surface area contributed by atoms with Gasteiger partial charge in [-0.2, -0.15) is 0 Å². The molecule has 4 heteroatoms. The number of thioether (sulfide) groups is 1. The normalized spacial score (nSPS) is 10.3. The van der Waals surface area contributed by atoms with Crippen LogP contribution in [0.2, 0.25) is 0 Å². The number of ether oxygens (including phenoxy) is 2. The molecule has 3 nitrogen and oxygen atoms in total. The van der Waals surface area contributed by atoms with E-state index in [4.69, 9.17) is 9.47 Å². The van der Waals surface area contributed by atoms with Crippen molar-refractivity contribution in [3.8, 4) is 11.5 Å². The van der Waals surface area contributed by atoms with Crippen LogP contribution in [0.3, 0.4) is 0 Å². The van der Waals surface area contributed by atoms with Crippen molar-refractivity contribution in [2.75, 3.05) is 20.0 Å². The van der Waals surface area contributed by atoms with Gasteiger partial charge < -0.3 is 9.47 Å². The van der Waals surface area contributed by atoms with Crippen LogP contribution < -0.4 is 9.47 Å². The molecule has 0 aliphatic heterocycles. The molecule has 0 aliphatic rings. The first kappa shape index (κ1) is 16.4. The van der Waals surface area contributed by atoms with Crippen molar-refractivity contribution in [2.24, 2.45) is 0 Å². The highest BCUT2D eigenvalue weighted by Crippen LogP contribution is 2.26. The Hall–Kier alpha value is -1.94. The molecular formula is C18H20O3S. The van der Waals surface area contributed by atoms with E-state index in [9.17, 15) is 4.79 Å². The monoisotopic (exact) mass is 316 g/mol. The number of methoxy groups -OCH3 is 2. The zero-order valence-electron chi connectivity index (χ0n) is 13.1. The lowest BCUT2D eigenvalue weighted by Gasteiger charge is -2.09. The van der Waals surface area contributed by atoms with E-state index in [1.54, 1.807) is 44.2 Å². The summed E-state index contributed by atoms with van der Waals surface area (Å²) >= 11 is 1.61. The predicted octanol–water partition coefficient (Wildman–Crippen LogP) is 4.13. The van der Waals surface area contributed by atoms with Gasteiger partial charge in [-0.3, -0.25) is 4.79 Å². The summed E-state index contributed by atoms with van der Waals surface area (Å²) in [5.41, 5.74) is 3.07. The summed E-state index contributed by atoms with van der Waals surface area (Å²) in [5, 5.41) is 0. The largest absolute Gasteiger partial charge is 0.497 e. The molecule has 0 heterocycles. The van der Waals surface area contributed by atoms with Crippen LogP contribution in [0, 0.1) is 6.92 Å². The number of rotatable bonds is 7. The number of Topliss-reactive ketones (excluding diaryl/α,β-unsaturated/α-hetero) is 1. The van der Waals surface area contributed by atoms with Gasteiger partial charge in [-0.1, -0.05) is 29.8 Å². The molecule has 0 radical (unpaired) electrons. The van der Waals surface area contributed by atoms with E-state index in [1.165, 1.54) is 11.1 Å². The highest BCUT2D eigenvalue weighted by atomic mass is 32.2. The second-order valence-electron chi connectivity index (χ2n) is 4.97. The van der Waals surface area contributed by atoms with E-state index in [0.29, 0.717) is 22.8 Å². The number of hydrogen-bond donors (Lipinski definition) is 0. The van der Waals surface area contributed by atoms with Crippen molar-refractivity contribution < 1.29 is 14.3 Å². The van der Waals surface area contributed by atoms with Gasteiger partial charge in [-0.05, 0) is 24.6 Å². The second kappa shape index (κ2) is 7.90. The number of carbonyl (C=O) groups is 1. The summed E-state index contributed by atoms with van der Waals surface area (Å²) in [6, 6.07) is 13.6. The summed E-state index contributed by atoms with van der Waals surface area (Å²) in [5.74, 6) is 2.55. The summed E-state index contributed by atoms with van der Waals surface area (Å²) in [6.07, 6.45) is 0. The molecule has 0 aliphatic carbocycles. The molecular weight excluding hydrogens is 296 g/mol. The fourth-order valence-corrected chi connectivity index (χ4v) is 2.92.